The highest BCUT2D eigenvalue weighted by Crippen LogP contribution is 2.41. The summed E-state index contributed by atoms with van der Waals surface area (Å²) in [5.74, 6) is 0.871. The summed E-state index contributed by atoms with van der Waals surface area (Å²) in [4.78, 5) is 7.27. The number of fused-ring (bicyclic) bond motifs is 1. The lowest BCUT2D eigenvalue weighted by atomic mass is 10.0. The van der Waals surface area contributed by atoms with E-state index in [1.165, 1.54) is 11.3 Å². The molecule has 4 heteroatoms. The molecule has 3 aromatic rings. The van der Waals surface area contributed by atoms with Crippen molar-refractivity contribution in [2.45, 2.75) is 0 Å². The molecule has 0 atom stereocenters. The maximum Gasteiger partial charge on any atom is 0.173 e. The van der Waals surface area contributed by atoms with Gasteiger partial charge < -0.3 is 9.32 Å². The summed E-state index contributed by atoms with van der Waals surface area (Å²) in [6.45, 7) is 0.740. The molecule has 126 valence electrons. The molecule has 0 saturated carbocycles. The maximum atomic E-state index is 5.73. The van der Waals surface area contributed by atoms with Crippen LogP contribution in [0.15, 0.2) is 93.9 Å². The number of amidine groups is 1. The number of nitrogens with zero attached hydrogens (tertiary/aromatic N) is 2. The number of aliphatic imine (C=N–C) groups is 1. The third-order valence-electron chi connectivity index (χ3n) is 4.54. The van der Waals surface area contributed by atoms with Gasteiger partial charge in [-0.05, 0) is 17.7 Å². The third-order valence-corrected chi connectivity index (χ3v) is 5.41. The van der Waals surface area contributed by atoms with Gasteiger partial charge in [-0.2, -0.15) is 0 Å². The number of benzene rings is 2. The Labute approximate surface area is 156 Å². The highest BCUT2D eigenvalue weighted by molar-refractivity contribution is 8.16. The van der Waals surface area contributed by atoms with Crippen LogP contribution in [-0.2, 0) is 0 Å². The molecule has 0 N–H and O–H groups in total. The lowest BCUT2D eigenvalue weighted by molar-refractivity contribution is 0.543. The van der Waals surface area contributed by atoms with Crippen molar-refractivity contribution in [3.8, 4) is 0 Å². The van der Waals surface area contributed by atoms with E-state index in [1.54, 1.807) is 18.0 Å². The predicted octanol–water partition coefficient (Wildman–Crippen LogP) is 5.56. The quantitative estimate of drug-likeness (QED) is 0.615. The minimum Gasteiger partial charge on any atom is -0.465 e. The minimum absolute atomic E-state index is 0.740. The minimum atomic E-state index is 0.740. The SMILES string of the molecule is C1=C(c2ccccc2)N2CC(c3ccco3)=C(c3ccccc3)N=C2S1. The van der Waals surface area contributed by atoms with Gasteiger partial charge in [-0.1, -0.05) is 72.4 Å². The number of thioether (sulfide) groups is 1. The Bertz CT molecular complexity index is 1020. The summed E-state index contributed by atoms with van der Waals surface area (Å²) in [6.07, 6.45) is 1.72. The van der Waals surface area contributed by atoms with Gasteiger partial charge in [0.05, 0.1) is 24.2 Å². The van der Waals surface area contributed by atoms with Crippen molar-refractivity contribution in [3.05, 3.63) is 101 Å². The Morgan fingerprint density at radius 3 is 2.27 bits per heavy atom. The fourth-order valence-corrected chi connectivity index (χ4v) is 4.20. The molecule has 26 heavy (non-hydrogen) atoms. The van der Waals surface area contributed by atoms with Crippen molar-refractivity contribution in [2.75, 3.05) is 6.54 Å². The Hall–Kier alpha value is -2.98. The van der Waals surface area contributed by atoms with Crippen LogP contribution in [0.5, 0.6) is 0 Å². The lowest BCUT2D eigenvalue weighted by Gasteiger charge is -2.28. The standard InChI is InChI=1S/C22H16N2OS/c1-3-8-16(9-4-1)19-15-26-22-23-21(17-10-5-2-6-11-17)18(14-24(19)22)20-12-7-13-25-20/h1-13,15H,14H2. The van der Waals surface area contributed by atoms with Crippen LogP contribution in [0.4, 0.5) is 0 Å². The van der Waals surface area contributed by atoms with Crippen LogP contribution >= 0.6 is 11.8 Å². The fourth-order valence-electron chi connectivity index (χ4n) is 3.29. The highest BCUT2D eigenvalue weighted by Gasteiger charge is 2.31. The number of rotatable bonds is 3. The van der Waals surface area contributed by atoms with E-state index in [1.807, 2.05) is 36.4 Å². The van der Waals surface area contributed by atoms with E-state index in [4.69, 9.17) is 9.41 Å². The second-order valence-corrected chi connectivity index (χ2v) is 6.97. The van der Waals surface area contributed by atoms with Gasteiger partial charge in [-0.3, -0.25) is 0 Å². The van der Waals surface area contributed by atoms with Crippen molar-refractivity contribution in [2.24, 2.45) is 4.99 Å². The Morgan fingerprint density at radius 1 is 0.846 bits per heavy atom. The molecule has 3 nitrogen and oxygen atoms in total. The molecule has 2 aromatic carbocycles. The first-order valence-electron chi connectivity index (χ1n) is 8.51. The van der Waals surface area contributed by atoms with Crippen molar-refractivity contribution < 1.29 is 4.42 Å². The van der Waals surface area contributed by atoms with Crippen LogP contribution < -0.4 is 0 Å². The zero-order valence-electron chi connectivity index (χ0n) is 14.0. The number of hydrogen-bond donors (Lipinski definition) is 0. The molecule has 0 bridgehead atoms. The molecule has 0 radical (unpaired) electrons. The van der Waals surface area contributed by atoms with Crippen molar-refractivity contribution in [1.82, 2.24) is 4.90 Å². The van der Waals surface area contributed by atoms with Crippen molar-refractivity contribution in [1.29, 1.82) is 0 Å². The molecule has 5 rings (SSSR count). The molecule has 0 unspecified atom stereocenters. The second kappa shape index (κ2) is 6.39. The van der Waals surface area contributed by atoms with E-state index in [9.17, 15) is 0 Å². The van der Waals surface area contributed by atoms with Crippen molar-refractivity contribution in [3.63, 3.8) is 0 Å². The van der Waals surface area contributed by atoms with E-state index in [2.05, 4.69) is 46.7 Å². The topological polar surface area (TPSA) is 28.7 Å². The van der Waals surface area contributed by atoms with Crippen LogP contribution in [0.1, 0.15) is 16.9 Å². The largest absolute Gasteiger partial charge is 0.465 e. The molecule has 0 saturated heterocycles. The molecular weight excluding hydrogens is 340 g/mol. The zero-order chi connectivity index (χ0) is 17.3. The Balaban J connectivity index is 1.60. The van der Waals surface area contributed by atoms with E-state index in [0.717, 1.165) is 34.3 Å². The van der Waals surface area contributed by atoms with Gasteiger partial charge in [0, 0.05) is 16.5 Å². The Kier molecular flexibility index (Phi) is 3.76. The van der Waals surface area contributed by atoms with Crippen LogP contribution in [0.3, 0.4) is 0 Å². The van der Waals surface area contributed by atoms with E-state index in [0.29, 0.717) is 0 Å². The first kappa shape index (κ1) is 15.3. The summed E-state index contributed by atoms with van der Waals surface area (Å²) < 4.78 is 5.73. The Morgan fingerprint density at radius 2 is 1.58 bits per heavy atom. The molecule has 0 spiro atoms. The van der Waals surface area contributed by atoms with Gasteiger partial charge in [-0.15, -0.1) is 0 Å². The molecule has 0 amide bonds. The highest BCUT2D eigenvalue weighted by atomic mass is 32.2. The summed E-state index contributed by atoms with van der Waals surface area (Å²) in [5, 5.41) is 3.19. The van der Waals surface area contributed by atoms with Crippen molar-refractivity contribution >= 4 is 33.9 Å². The predicted molar refractivity (Wildman–Crippen MR) is 108 cm³/mol. The molecule has 0 aliphatic carbocycles. The van der Waals surface area contributed by atoms with Crippen LogP contribution in [0.25, 0.3) is 17.0 Å². The molecule has 2 aliphatic heterocycles. The van der Waals surface area contributed by atoms with Gasteiger partial charge in [0.1, 0.15) is 5.76 Å². The van der Waals surface area contributed by atoms with Gasteiger partial charge in [-0.25, -0.2) is 4.99 Å². The molecule has 1 aromatic heterocycles. The van der Waals surface area contributed by atoms with Crippen LogP contribution in [0.2, 0.25) is 0 Å². The van der Waals surface area contributed by atoms with E-state index >= 15 is 0 Å². The number of furan rings is 1. The molecule has 3 heterocycles. The zero-order valence-corrected chi connectivity index (χ0v) is 14.8. The molecule has 2 aliphatic rings. The normalized spacial score (nSPS) is 16.4. The van der Waals surface area contributed by atoms with Gasteiger partial charge in [0.15, 0.2) is 5.17 Å². The molecule has 0 fully saturated rings. The summed E-state index contributed by atoms with van der Waals surface area (Å²) in [7, 11) is 0. The summed E-state index contributed by atoms with van der Waals surface area (Å²) >= 11 is 1.68. The van der Waals surface area contributed by atoms with E-state index in [-0.39, 0.29) is 0 Å². The summed E-state index contributed by atoms with van der Waals surface area (Å²) in [5.41, 5.74) is 5.59. The smallest absolute Gasteiger partial charge is 0.173 e. The molecular formula is C22H16N2OS. The lowest BCUT2D eigenvalue weighted by Crippen LogP contribution is -2.29. The van der Waals surface area contributed by atoms with Crippen LogP contribution in [0, 0.1) is 0 Å². The first-order valence-corrected chi connectivity index (χ1v) is 9.39. The second-order valence-electron chi connectivity index (χ2n) is 6.14. The van der Waals surface area contributed by atoms with Gasteiger partial charge >= 0.3 is 0 Å². The maximum absolute atomic E-state index is 5.73. The average molecular weight is 356 g/mol. The monoisotopic (exact) mass is 356 g/mol. The van der Waals surface area contributed by atoms with Crippen LogP contribution in [-0.4, -0.2) is 16.6 Å². The third kappa shape index (κ3) is 2.59. The first-order chi connectivity index (χ1) is 12.9. The van der Waals surface area contributed by atoms with E-state index < -0.39 is 0 Å². The average Bonchev–Trinajstić information content (AvgIpc) is 3.38. The number of hydrogen-bond acceptors (Lipinski definition) is 4. The van der Waals surface area contributed by atoms with Gasteiger partial charge in [0.25, 0.3) is 0 Å². The fraction of sp³-hybridized carbons (Fsp3) is 0.0455. The van der Waals surface area contributed by atoms with Gasteiger partial charge in [0.2, 0.25) is 0 Å². The summed E-state index contributed by atoms with van der Waals surface area (Å²) in [6, 6.07) is 24.7.